The van der Waals surface area contributed by atoms with E-state index in [1.165, 1.54) is 24.3 Å². The van der Waals surface area contributed by atoms with E-state index in [-0.39, 0.29) is 10.8 Å². The highest BCUT2D eigenvalue weighted by Crippen LogP contribution is 2.14. The van der Waals surface area contributed by atoms with Crippen molar-refractivity contribution in [3.8, 4) is 0 Å². The van der Waals surface area contributed by atoms with Crippen molar-refractivity contribution in [1.29, 1.82) is 0 Å². The van der Waals surface area contributed by atoms with E-state index in [2.05, 4.69) is 21.2 Å². The molecule has 17 heavy (non-hydrogen) atoms. The Bertz CT molecular complexity index is 549. The summed E-state index contributed by atoms with van der Waals surface area (Å²) in [4.78, 5) is 11.5. The maximum absolute atomic E-state index is 11.5. The smallest absolute Gasteiger partial charge is 0.262 e. The van der Waals surface area contributed by atoms with E-state index < -0.39 is 10.0 Å². The van der Waals surface area contributed by atoms with Gasteiger partial charge in [0.25, 0.3) is 5.91 Å². The molecule has 1 amide bonds. The van der Waals surface area contributed by atoms with Gasteiger partial charge in [-0.15, -0.1) is 0 Å². The Labute approximate surface area is 108 Å². The molecule has 0 saturated carbocycles. The molecule has 1 aromatic carbocycles. The van der Waals surface area contributed by atoms with Crippen LogP contribution < -0.4 is 10.5 Å². The van der Waals surface area contributed by atoms with E-state index in [1.807, 2.05) is 0 Å². The molecule has 92 valence electrons. The van der Waals surface area contributed by atoms with Gasteiger partial charge < -0.3 is 5.32 Å². The summed E-state index contributed by atoms with van der Waals surface area (Å²) in [5.74, 6) is -0.309. The summed E-state index contributed by atoms with van der Waals surface area (Å²) in [5.41, 5.74) is 0.487. The van der Waals surface area contributed by atoms with Crippen molar-refractivity contribution in [2.24, 2.45) is 5.14 Å². The fraction of sp³-hybridized carbons (Fsp3) is 0.100. The monoisotopic (exact) mass is 318 g/mol. The lowest BCUT2D eigenvalue weighted by Crippen LogP contribution is -2.13. The number of primary sulfonamides is 1. The molecule has 0 aromatic heterocycles. The number of sulfonamides is 1. The molecule has 0 saturated heterocycles. The quantitative estimate of drug-likeness (QED) is 0.829. The van der Waals surface area contributed by atoms with Crippen molar-refractivity contribution in [3.05, 3.63) is 34.8 Å². The van der Waals surface area contributed by atoms with Gasteiger partial charge in [-0.05, 0) is 47.1 Å². The molecule has 0 radical (unpaired) electrons. The van der Waals surface area contributed by atoms with Gasteiger partial charge in [-0.2, -0.15) is 0 Å². The molecule has 0 aliphatic heterocycles. The number of hydrogen-bond acceptors (Lipinski definition) is 3. The highest BCUT2D eigenvalue weighted by Gasteiger charge is 2.08. The zero-order valence-electron chi connectivity index (χ0n) is 8.98. The SMILES string of the molecule is C/C=C(/Br)C(=O)Nc1ccc(S(N)(=O)=O)cc1. The molecule has 1 aromatic rings. The van der Waals surface area contributed by atoms with Crippen LogP contribution in [0.5, 0.6) is 0 Å². The molecular weight excluding hydrogens is 308 g/mol. The predicted molar refractivity (Wildman–Crippen MR) is 69.1 cm³/mol. The summed E-state index contributed by atoms with van der Waals surface area (Å²) in [6.45, 7) is 1.72. The van der Waals surface area contributed by atoms with Crippen molar-refractivity contribution in [1.82, 2.24) is 0 Å². The first-order chi connectivity index (χ1) is 7.84. The lowest BCUT2D eigenvalue weighted by atomic mass is 10.3. The second kappa shape index (κ2) is 5.44. The molecule has 1 rings (SSSR count). The van der Waals surface area contributed by atoms with Gasteiger partial charge in [0.2, 0.25) is 10.0 Å². The second-order valence-electron chi connectivity index (χ2n) is 3.16. The largest absolute Gasteiger partial charge is 0.322 e. The van der Waals surface area contributed by atoms with Gasteiger partial charge in [0, 0.05) is 5.69 Å². The molecule has 0 heterocycles. The number of hydrogen-bond donors (Lipinski definition) is 2. The van der Waals surface area contributed by atoms with Crippen LogP contribution in [-0.4, -0.2) is 14.3 Å². The zero-order chi connectivity index (χ0) is 13.1. The van der Waals surface area contributed by atoms with Crippen LogP contribution in [0.25, 0.3) is 0 Å². The van der Waals surface area contributed by atoms with Crippen molar-refractivity contribution in [3.63, 3.8) is 0 Å². The molecule has 0 bridgehead atoms. The van der Waals surface area contributed by atoms with Crippen molar-refractivity contribution < 1.29 is 13.2 Å². The summed E-state index contributed by atoms with van der Waals surface area (Å²) in [6.07, 6.45) is 1.61. The van der Waals surface area contributed by atoms with E-state index in [0.29, 0.717) is 10.2 Å². The van der Waals surface area contributed by atoms with Crippen LogP contribution in [0.15, 0.2) is 39.7 Å². The number of nitrogens with two attached hydrogens (primary N) is 1. The summed E-state index contributed by atoms with van der Waals surface area (Å²) >= 11 is 3.08. The van der Waals surface area contributed by atoms with E-state index in [9.17, 15) is 13.2 Å². The third kappa shape index (κ3) is 3.95. The van der Waals surface area contributed by atoms with Gasteiger partial charge >= 0.3 is 0 Å². The number of carbonyl (C=O) groups excluding carboxylic acids is 1. The fourth-order valence-corrected chi connectivity index (χ4v) is 1.66. The first-order valence-corrected chi connectivity index (χ1v) is 6.94. The molecule has 0 fully saturated rings. The lowest BCUT2D eigenvalue weighted by Gasteiger charge is -2.05. The van der Waals surface area contributed by atoms with Crippen molar-refractivity contribution in [2.45, 2.75) is 11.8 Å². The number of allylic oxidation sites excluding steroid dienone is 1. The number of rotatable bonds is 3. The van der Waals surface area contributed by atoms with Gasteiger partial charge in [0.15, 0.2) is 0 Å². The van der Waals surface area contributed by atoms with E-state index in [1.54, 1.807) is 13.0 Å². The lowest BCUT2D eigenvalue weighted by molar-refractivity contribution is -0.112. The molecule has 3 N–H and O–H groups in total. The molecule has 7 heteroatoms. The molecule has 0 atom stereocenters. The third-order valence-corrected chi connectivity index (χ3v) is 3.66. The van der Waals surface area contributed by atoms with Gasteiger partial charge in [-0.25, -0.2) is 13.6 Å². The van der Waals surface area contributed by atoms with Crippen LogP contribution in [0.3, 0.4) is 0 Å². The standard InChI is InChI=1S/C10H11BrN2O3S/c1-2-9(11)10(14)13-7-3-5-8(6-4-7)17(12,15)16/h2-6H,1H3,(H,13,14)(H2,12,15,16)/b9-2+. The van der Waals surface area contributed by atoms with Gasteiger partial charge in [-0.1, -0.05) is 6.08 Å². The first-order valence-electron chi connectivity index (χ1n) is 4.60. The van der Waals surface area contributed by atoms with E-state index >= 15 is 0 Å². The number of nitrogens with one attached hydrogen (secondary N) is 1. The minimum Gasteiger partial charge on any atom is -0.322 e. The van der Waals surface area contributed by atoms with Crippen LogP contribution in [0.2, 0.25) is 0 Å². The summed E-state index contributed by atoms with van der Waals surface area (Å²) in [7, 11) is -3.70. The average Bonchev–Trinajstić information content (AvgIpc) is 2.27. The zero-order valence-corrected chi connectivity index (χ0v) is 11.4. The third-order valence-electron chi connectivity index (χ3n) is 1.91. The molecule has 0 aliphatic rings. The summed E-state index contributed by atoms with van der Waals surface area (Å²) in [5, 5.41) is 7.53. The Morgan fingerprint density at radius 2 is 1.88 bits per heavy atom. The average molecular weight is 319 g/mol. The Hall–Kier alpha value is -1.18. The number of anilines is 1. The minimum atomic E-state index is -3.70. The topological polar surface area (TPSA) is 89.3 Å². The molecule has 5 nitrogen and oxygen atoms in total. The van der Waals surface area contributed by atoms with Crippen LogP contribution in [0.4, 0.5) is 5.69 Å². The van der Waals surface area contributed by atoms with Crippen molar-refractivity contribution >= 4 is 37.5 Å². The fourth-order valence-electron chi connectivity index (χ4n) is 1.05. The molecule has 0 aliphatic carbocycles. The highest BCUT2D eigenvalue weighted by atomic mass is 79.9. The first kappa shape index (κ1) is 13.9. The number of benzene rings is 1. The van der Waals surface area contributed by atoms with Gasteiger partial charge in [-0.3, -0.25) is 4.79 Å². The van der Waals surface area contributed by atoms with Crippen LogP contribution in [0, 0.1) is 0 Å². The summed E-state index contributed by atoms with van der Waals surface area (Å²) < 4.78 is 22.4. The predicted octanol–water partition coefficient (Wildman–Crippen LogP) is 1.57. The molecule has 0 unspecified atom stereocenters. The van der Waals surface area contributed by atoms with Crippen molar-refractivity contribution in [2.75, 3.05) is 5.32 Å². The second-order valence-corrected chi connectivity index (χ2v) is 5.58. The maximum Gasteiger partial charge on any atom is 0.262 e. The minimum absolute atomic E-state index is 0.000554. The van der Waals surface area contributed by atoms with Gasteiger partial charge in [0.1, 0.15) is 0 Å². The van der Waals surface area contributed by atoms with Gasteiger partial charge in [0.05, 0.1) is 9.38 Å². The van der Waals surface area contributed by atoms with E-state index in [4.69, 9.17) is 5.14 Å². The summed E-state index contributed by atoms with van der Waals surface area (Å²) in [6, 6.07) is 5.59. The number of amides is 1. The van der Waals surface area contributed by atoms with Crippen LogP contribution >= 0.6 is 15.9 Å². The van der Waals surface area contributed by atoms with Crippen LogP contribution in [-0.2, 0) is 14.8 Å². The highest BCUT2D eigenvalue weighted by molar-refractivity contribution is 9.12. The number of carbonyl (C=O) groups is 1. The Kier molecular flexibility index (Phi) is 4.44. The Morgan fingerprint density at radius 3 is 2.29 bits per heavy atom. The molecular formula is C10H11BrN2O3S. The Morgan fingerprint density at radius 1 is 1.35 bits per heavy atom. The molecule has 0 spiro atoms. The maximum atomic E-state index is 11.5. The van der Waals surface area contributed by atoms with E-state index in [0.717, 1.165) is 0 Å². The normalized spacial score (nSPS) is 12.3. The Balaban J connectivity index is 2.87. The van der Waals surface area contributed by atoms with Crippen LogP contribution in [0.1, 0.15) is 6.92 Å². The number of halogens is 1.